The lowest BCUT2D eigenvalue weighted by Gasteiger charge is -2.26. The maximum absolute atomic E-state index is 12.6. The lowest BCUT2D eigenvalue weighted by atomic mass is 10.2. The maximum Gasteiger partial charge on any atom is 0.270 e. The minimum Gasteiger partial charge on any atom is -0.351 e. The average Bonchev–Trinajstić information content (AvgIpc) is 3.14. The van der Waals surface area contributed by atoms with Gasteiger partial charge in [-0.1, -0.05) is 32.0 Å². The molecule has 0 radical (unpaired) electrons. The number of likely N-dealkylation sites (tertiary alicyclic amines) is 1. The topological polar surface area (TPSA) is 39.3 Å². The summed E-state index contributed by atoms with van der Waals surface area (Å²) in [4.78, 5) is 20.3. The highest BCUT2D eigenvalue weighted by atomic mass is 16.2. The maximum atomic E-state index is 12.6. The molecule has 1 aromatic heterocycles. The van der Waals surface area contributed by atoms with Crippen LogP contribution in [0.25, 0.3) is 10.9 Å². The second-order valence-corrected chi connectivity index (χ2v) is 5.69. The van der Waals surface area contributed by atoms with Crippen LogP contribution in [0.1, 0.15) is 30.8 Å². The van der Waals surface area contributed by atoms with Gasteiger partial charge in [0.15, 0.2) is 0 Å². The molecular formula is C17H23N3O. The molecule has 1 fully saturated rings. The lowest BCUT2D eigenvalue weighted by Crippen LogP contribution is -2.38. The van der Waals surface area contributed by atoms with Crippen LogP contribution in [0.4, 0.5) is 0 Å². The van der Waals surface area contributed by atoms with Crippen LogP contribution in [0, 0.1) is 0 Å². The molecule has 1 aliphatic rings. The Hall–Kier alpha value is -1.81. The van der Waals surface area contributed by atoms with Crippen LogP contribution in [-0.2, 0) is 0 Å². The fourth-order valence-corrected chi connectivity index (χ4v) is 3.32. The molecule has 4 heteroatoms. The average molecular weight is 285 g/mol. The highest BCUT2D eigenvalue weighted by Gasteiger charge is 2.30. The molecule has 0 aliphatic carbocycles. The Morgan fingerprint density at radius 2 is 2.10 bits per heavy atom. The van der Waals surface area contributed by atoms with Gasteiger partial charge in [0, 0.05) is 30.0 Å². The molecule has 1 aliphatic heterocycles. The van der Waals surface area contributed by atoms with Gasteiger partial charge in [0.05, 0.1) is 0 Å². The summed E-state index contributed by atoms with van der Waals surface area (Å²) in [5.41, 5.74) is 1.73. The zero-order valence-corrected chi connectivity index (χ0v) is 12.8. The van der Waals surface area contributed by atoms with Crippen molar-refractivity contribution in [1.82, 2.24) is 14.8 Å². The van der Waals surface area contributed by atoms with Crippen LogP contribution in [0.2, 0.25) is 0 Å². The van der Waals surface area contributed by atoms with Crippen molar-refractivity contribution in [2.24, 2.45) is 0 Å². The van der Waals surface area contributed by atoms with Crippen LogP contribution in [-0.4, -0.2) is 52.9 Å². The first-order valence-electron chi connectivity index (χ1n) is 7.84. The van der Waals surface area contributed by atoms with Gasteiger partial charge < -0.3 is 9.88 Å². The molecule has 3 rings (SSSR count). The number of aromatic amines is 1. The monoisotopic (exact) mass is 285 g/mol. The minimum absolute atomic E-state index is 0.126. The fraction of sp³-hybridized carbons (Fsp3) is 0.471. The number of likely N-dealkylation sites (N-methyl/N-ethyl adjacent to an activating group) is 1. The number of hydrogen-bond donors (Lipinski definition) is 1. The van der Waals surface area contributed by atoms with E-state index in [0.717, 1.165) is 43.5 Å². The normalized spacial score (nSPS) is 18.8. The Morgan fingerprint density at radius 1 is 1.33 bits per heavy atom. The van der Waals surface area contributed by atoms with E-state index in [1.807, 2.05) is 35.2 Å². The quantitative estimate of drug-likeness (QED) is 0.938. The SMILES string of the molecule is CCN(CC)C1CCN(C(=O)c2cc3ccccc3[nH]2)C1. The number of benzene rings is 1. The molecule has 1 saturated heterocycles. The third-order valence-corrected chi connectivity index (χ3v) is 4.54. The van der Waals surface area contributed by atoms with Crippen molar-refractivity contribution >= 4 is 16.8 Å². The minimum atomic E-state index is 0.126. The number of hydrogen-bond acceptors (Lipinski definition) is 2. The summed E-state index contributed by atoms with van der Waals surface area (Å²) in [6.07, 6.45) is 1.08. The second kappa shape index (κ2) is 5.90. The predicted molar refractivity (Wildman–Crippen MR) is 85.5 cm³/mol. The highest BCUT2D eigenvalue weighted by Crippen LogP contribution is 2.20. The second-order valence-electron chi connectivity index (χ2n) is 5.69. The van der Waals surface area contributed by atoms with Crippen molar-refractivity contribution in [1.29, 1.82) is 0 Å². The van der Waals surface area contributed by atoms with E-state index < -0.39 is 0 Å². The van der Waals surface area contributed by atoms with Crippen molar-refractivity contribution in [3.8, 4) is 0 Å². The number of fused-ring (bicyclic) bond motifs is 1. The van der Waals surface area contributed by atoms with E-state index in [2.05, 4.69) is 23.7 Å². The molecular weight excluding hydrogens is 262 g/mol. The van der Waals surface area contributed by atoms with E-state index >= 15 is 0 Å². The molecule has 0 bridgehead atoms. The Bertz CT molecular complexity index is 597. The van der Waals surface area contributed by atoms with Gasteiger partial charge in [0.2, 0.25) is 0 Å². The molecule has 2 aromatic rings. The zero-order valence-electron chi connectivity index (χ0n) is 12.8. The first kappa shape index (κ1) is 14.1. The summed E-state index contributed by atoms with van der Waals surface area (Å²) < 4.78 is 0. The highest BCUT2D eigenvalue weighted by molar-refractivity contribution is 5.98. The van der Waals surface area contributed by atoms with Gasteiger partial charge in [0.1, 0.15) is 5.69 Å². The molecule has 1 amide bonds. The van der Waals surface area contributed by atoms with Crippen molar-refractivity contribution in [2.75, 3.05) is 26.2 Å². The van der Waals surface area contributed by atoms with Gasteiger partial charge in [-0.3, -0.25) is 9.69 Å². The van der Waals surface area contributed by atoms with Gasteiger partial charge in [-0.2, -0.15) is 0 Å². The van der Waals surface area contributed by atoms with Crippen LogP contribution < -0.4 is 0 Å². The van der Waals surface area contributed by atoms with Gasteiger partial charge in [-0.15, -0.1) is 0 Å². The Labute approximate surface area is 125 Å². The molecule has 0 saturated carbocycles. The smallest absolute Gasteiger partial charge is 0.270 e. The van der Waals surface area contributed by atoms with Gasteiger partial charge in [-0.05, 0) is 31.6 Å². The number of H-pyrrole nitrogens is 1. The number of amides is 1. The van der Waals surface area contributed by atoms with Crippen LogP contribution in [0.15, 0.2) is 30.3 Å². The summed E-state index contributed by atoms with van der Waals surface area (Å²) in [5, 5.41) is 1.10. The molecule has 1 N–H and O–H groups in total. The van der Waals surface area contributed by atoms with E-state index in [1.54, 1.807) is 0 Å². The van der Waals surface area contributed by atoms with E-state index in [1.165, 1.54) is 0 Å². The molecule has 0 spiro atoms. The lowest BCUT2D eigenvalue weighted by molar-refractivity contribution is 0.0773. The summed E-state index contributed by atoms with van der Waals surface area (Å²) in [7, 11) is 0. The van der Waals surface area contributed by atoms with E-state index in [9.17, 15) is 4.79 Å². The number of rotatable bonds is 4. The molecule has 21 heavy (non-hydrogen) atoms. The predicted octanol–water partition coefficient (Wildman–Crippen LogP) is 2.72. The third kappa shape index (κ3) is 2.68. The van der Waals surface area contributed by atoms with Crippen molar-refractivity contribution in [3.63, 3.8) is 0 Å². The third-order valence-electron chi connectivity index (χ3n) is 4.54. The summed E-state index contributed by atoms with van der Waals surface area (Å²) in [6, 6.07) is 10.5. The molecule has 2 heterocycles. The fourth-order valence-electron chi connectivity index (χ4n) is 3.32. The number of nitrogens with one attached hydrogen (secondary N) is 1. The first-order valence-corrected chi connectivity index (χ1v) is 7.84. The van der Waals surface area contributed by atoms with Crippen molar-refractivity contribution in [2.45, 2.75) is 26.3 Å². The number of aromatic nitrogens is 1. The Balaban J connectivity index is 1.74. The molecule has 1 aromatic carbocycles. The van der Waals surface area contributed by atoms with Gasteiger partial charge in [0.25, 0.3) is 5.91 Å². The summed E-state index contributed by atoms with van der Waals surface area (Å²) in [5.74, 6) is 0.126. The first-order chi connectivity index (χ1) is 10.2. The van der Waals surface area contributed by atoms with Crippen LogP contribution >= 0.6 is 0 Å². The van der Waals surface area contributed by atoms with E-state index in [0.29, 0.717) is 11.7 Å². The van der Waals surface area contributed by atoms with E-state index in [4.69, 9.17) is 0 Å². The number of carbonyl (C=O) groups excluding carboxylic acids is 1. The molecule has 1 unspecified atom stereocenters. The van der Waals surface area contributed by atoms with Gasteiger partial charge in [-0.25, -0.2) is 0 Å². The Morgan fingerprint density at radius 3 is 2.81 bits per heavy atom. The molecule has 112 valence electrons. The number of nitrogens with zero attached hydrogens (tertiary/aromatic N) is 2. The van der Waals surface area contributed by atoms with Crippen LogP contribution in [0.3, 0.4) is 0 Å². The summed E-state index contributed by atoms with van der Waals surface area (Å²) >= 11 is 0. The van der Waals surface area contributed by atoms with Gasteiger partial charge >= 0.3 is 0 Å². The summed E-state index contributed by atoms with van der Waals surface area (Å²) in [6.45, 7) is 8.17. The van der Waals surface area contributed by atoms with Crippen LogP contribution in [0.5, 0.6) is 0 Å². The molecule has 4 nitrogen and oxygen atoms in total. The molecule has 1 atom stereocenters. The standard InChI is InChI=1S/C17H23N3O/c1-3-19(4-2)14-9-10-20(12-14)17(21)16-11-13-7-5-6-8-15(13)18-16/h5-8,11,14,18H,3-4,9-10,12H2,1-2H3. The largest absolute Gasteiger partial charge is 0.351 e. The van der Waals surface area contributed by atoms with Crippen molar-refractivity contribution in [3.05, 3.63) is 36.0 Å². The van der Waals surface area contributed by atoms with Crippen molar-refractivity contribution < 1.29 is 4.79 Å². The number of carbonyl (C=O) groups is 1. The van der Waals surface area contributed by atoms with E-state index in [-0.39, 0.29) is 5.91 Å². The zero-order chi connectivity index (χ0) is 14.8. The number of para-hydroxylation sites is 1. The Kier molecular flexibility index (Phi) is 3.97.